The van der Waals surface area contributed by atoms with Gasteiger partial charge >= 0.3 is 5.97 Å². The second-order valence-electron chi connectivity index (χ2n) is 2.02. The van der Waals surface area contributed by atoms with E-state index in [4.69, 9.17) is 4.74 Å². The summed E-state index contributed by atoms with van der Waals surface area (Å²) in [7, 11) is 0. The van der Waals surface area contributed by atoms with Gasteiger partial charge in [-0.25, -0.2) is 0 Å². The van der Waals surface area contributed by atoms with E-state index in [9.17, 15) is 4.79 Å². The van der Waals surface area contributed by atoms with Crippen LogP contribution in [0.4, 0.5) is 0 Å². The second kappa shape index (κ2) is 3.28. The Hall–Kier alpha value is -0.790. The summed E-state index contributed by atoms with van der Waals surface area (Å²) in [4.78, 5) is 10.6. The molecule has 0 aromatic rings. The van der Waals surface area contributed by atoms with Crippen molar-refractivity contribution in [2.24, 2.45) is 0 Å². The van der Waals surface area contributed by atoms with Crippen LogP contribution in [0.15, 0.2) is 12.2 Å². The lowest BCUT2D eigenvalue weighted by atomic mass is 10.2. The fourth-order valence-corrected chi connectivity index (χ4v) is 0.750. The fourth-order valence-electron chi connectivity index (χ4n) is 0.750. The normalized spacial score (nSPS) is 23.8. The summed E-state index contributed by atoms with van der Waals surface area (Å²) in [5.41, 5.74) is 0. The molecule has 0 N–H and O–H groups in total. The lowest BCUT2D eigenvalue weighted by molar-refractivity contribution is -0.143. The smallest absolute Gasteiger partial charge is 0.306 e. The number of esters is 1. The Morgan fingerprint density at radius 3 is 3.00 bits per heavy atom. The first-order valence-electron chi connectivity index (χ1n) is 3.20. The van der Waals surface area contributed by atoms with Gasteiger partial charge in [0.25, 0.3) is 0 Å². The quantitative estimate of drug-likeness (QED) is 0.361. The Balaban J connectivity index is 2.35. The van der Waals surface area contributed by atoms with Crippen LogP contribution in [0.1, 0.15) is 19.3 Å². The second-order valence-corrected chi connectivity index (χ2v) is 2.02. The Morgan fingerprint density at radius 1 is 1.33 bits per heavy atom. The minimum Gasteiger partial charge on any atom is -0.465 e. The third kappa shape index (κ3) is 2.31. The molecule has 1 rings (SSSR count). The summed E-state index contributed by atoms with van der Waals surface area (Å²) < 4.78 is 4.79. The van der Waals surface area contributed by atoms with E-state index in [0.717, 1.165) is 12.8 Å². The van der Waals surface area contributed by atoms with E-state index < -0.39 is 0 Å². The molecule has 0 spiro atoms. The number of carbonyl (C=O) groups is 1. The van der Waals surface area contributed by atoms with Crippen LogP contribution in [0.2, 0.25) is 0 Å². The summed E-state index contributed by atoms with van der Waals surface area (Å²) in [6, 6.07) is 0. The molecule has 0 aliphatic carbocycles. The van der Waals surface area contributed by atoms with Gasteiger partial charge in [-0.3, -0.25) is 4.79 Å². The molecular formula is C7H10O2. The first-order chi connectivity index (χ1) is 4.39. The SMILES string of the molecule is O=C1CC/C=C/CCO1. The van der Waals surface area contributed by atoms with Gasteiger partial charge in [-0.15, -0.1) is 0 Å². The molecule has 0 saturated carbocycles. The molecule has 9 heavy (non-hydrogen) atoms. The van der Waals surface area contributed by atoms with Crippen molar-refractivity contribution in [1.82, 2.24) is 0 Å². The first-order valence-corrected chi connectivity index (χ1v) is 3.20. The van der Waals surface area contributed by atoms with Gasteiger partial charge in [0.05, 0.1) is 6.61 Å². The maximum Gasteiger partial charge on any atom is 0.306 e. The van der Waals surface area contributed by atoms with Gasteiger partial charge in [-0.05, 0) is 12.8 Å². The monoisotopic (exact) mass is 126 g/mol. The number of hydrogen-bond acceptors (Lipinski definition) is 2. The van der Waals surface area contributed by atoms with Gasteiger partial charge in [-0.2, -0.15) is 0 Å². The molecule has 0 amide bonds. The van der Waals surface area contributed by atoms with Crippen LogP contribution in [-0.2, 0) is 9.53 Å². The van der Waals surface area contributed by atoms with Gasteiger partial charge in [0.1, 0.15) is 0 Å². The molecule has 1 aliphatic rings. The van der Waals surface area contributed by atoms with Gasteiger partial charge in [0.2, 0.25) is 0 Å². The van der Waals surface area contributed by atoms with Crippen molar-refractivity contribution in [2.45, 2.75) is 19.3 Å². The average molecular weight is 126 g/mol. The maximum atomic E-state index is 10.6. The molecular weight excluding hydrogens is 116 g/mol. The van der Waals surface area contributed by atoms with Crippen molar-refractivity contribution in [3.05, 3.63) is 12.2 Å². The zero-order chi connectivity index (χ0) is 6.53. The lowest BCUT2D eigenvalue weighted by Gasteiger charge is -2.03. The van der Waals surface area contributed by atoms with Crippen molar-refractivity contribution >= 4 is 5.97 Å². The van der Waals surface area contributed by atoms with Crippen LogP contribution in [0.5, 0.6) is 0 Å². The number of ether oxygens (including phenoxy) is 1. The Kier molecular flexibility index (Phi) is 2.31. The molecule has 50 valence electrons. The Morgan fingerprint density at radius 2 is 2.11 bits per heavy atom. The lowest BCUT2D eigenvalue weighted by Crippen LogP contribution is -2.05. The van der Waals surface area contributed by atoms with E-state index in [2.05, 4.69) is 0 Å². The van der Waals surface area contributed by atoms with Crippen LogP contribution in [-0.4, -0.2) is 12.6 Å². The highest BCUT2D eigenvalue weighted by molar-refractivity contribution is 5.69. The number of carbonyl (C=O) groups excluding carboxylic acids is 1. The van der Waals surface area contributed by atoms with Crippen LogP contribution in [0, 0.1) is 0 Å². The molecule has 0 atom stereocenters. The number of allylic oxidation sites excluding steroid dienone is 1. The summed E-state index contributed by atoms with van der Waals surface area (Å²) in [6.07, 6.45) is 6.31. The maximum absolute atomic E-state index is 10.6. The van der Waals surface area contributed by atoms with Crippen molar-refractivity contribution in [1.29, 1.82) is 0 Å². The van der Waals surface area contributed by atoms with E-state index in [1.807, 2.05) is 12.2 Å². The van der Waals surface area contributed by atoms with Gasteiger partial charge in [0, 0.05) is 6.42 Å². The van der Waals surface area contributed by atoms with Gasteiger partial charge in [0.15, 0.2) is 0 Å². The first kappa shape index (κ1) is 6.33. The van der Waals surface area contributed by atoms with E-state index in [1.165, 1.54) is 0 Å². The number of cyclic esters (lactones) is 1. The molecule has 2 heteroatoms. The molecule has 2 nitrogen and oxygen atoms in total. The zero-order valence-electron chi connectivity index (χ0n) is 5.30. The Labute approximate surface area is 54.5 Å². The van der Waals surface area contributed by atoms with Crippen molar-refractivity contribution in [3.8, 4) is 0 Å². The molecule has 0 unspecified atom stereocenters. The third-order valence-corrected chi connectivity index (χ3v) is 1.23. The zero-order valence-corrected chi connectivity index (χ0v) is 5.30. The topological polar surface area (TPSA) is 26.3 Å². The van der Waals surface area contributed by atoms with E-state index in [-0.39, 0.29) is 5.97 Å². The Bertz CT molecular complexity index is 127. The standard InChI is InChI=1S/C7H10O2/c8-7-5-3-1-2-4-6-9-7/h1-2H,3-6H2/b2-1+. The highest BCUT2D eigenvalue weighted by Crippen LogP contribution is 2.00. The molecule has 0 radical (unpaired) electrons. The summed E-state index contributed by atoms with van der Waals surface area (Å²) >= 11 is 0. The molecule has 0 saturated heterocycles. The number of hydrogen-bond donors (Lipinski definition) is 0. The minimum absolute atomic E-state index is 0.0700. The highest BCUT2D eigenvalue weighted by atomic mass is 16.5. The van der Waals surface area contributed by atoms with E-state index >= 15 is 0 Å². The van der Waals surface area contributed by atoms with Crippen LogP contribution in [0.3, 0.4) is 0 Å². The van der Waals surface area contributed by atoms with Crippen LogP contribution >= 0.6 is 0 Å². The van der Waals surface area contributed by atoms with Crippen molar-refractivity contribution in [2.75, 3.05) is 6.61 Å². The van der Waals surface area contributed by atoms with Crippen LogP contribution in [0.25, 0.3) is 0 Å². The molecule has 1 aliphatic heterocycles. The molecule has 1 heterocycles. The molecule has 0 aromatic carbocycles. The van der Waals surface area contributed by atoms with E-state index in [1.54, 1.807) is 0 Å². The molecule has 0 fully saturated rings. The van der Waals surface area contributed by atoms with Gasteiger partial charge in [-0.1, -0.05) is 12.2 Å². The molecule has 0 bridgehead atoms. The van der Waals surface area contributed by atoms with E-state index in [0.29, 0.717) is 13.0 Å². The fraction of sp³-hybridized carbons (Fsp3) is 0.571. The number of rotatable bonds is 0. The molecule has 0 aromatic heterocycles. The highest BCUT2D eigenvalue weighted by Gasteiger charge is 2.01. The third-order valence-electron chi connectivity index (χ3n) is 1.23. The average Bonchev–Trinajstić information content (AvgIpc) is 1.79. The summed E-state index contributed by atoms with van der Waals surface area (Å²) in [5.74, 6) is -0.0700. The predicted octanol–water partition coefficient (Wildman–Crippen LogP) is 1.27. The minimum atomic E-state index is -0.0700. The predicted molar refractivity (Wildman–Crippen MR) is 33.9 cm³/mol. The van der Waals surface area contributed by atoms with Crippen molar-refractivity contribution in [3.63, 3.8) is 0 Å². The largest absolute Gasteiger partial charge is 0.465 e. The summed E-state index contributed by atoms with van der Waals surface area (Å²) in [6.45, 7) is 0.551. The van der Waals surface area contributed by atoms with Gasteiger partial charge < -0.3 is 4.74 Å². The van der Waals surface area contributed by atoms with Crippen molar-refractivity contribution < 1.29 is 9.53 Å². The summed E-state index contributed by atoms with van der Waals surface area (Å²) in [5, 5.41) is 0. The van der Waals surface area contributed by atoms with Crippen LogP contribution < -0.4 is 0 Å².